The second-order valence-corrected chi connectivity index (χ2v) is 4.74. The quantitative estimate of drug-likeness (QED) is 0.805. The van der Waals surface area contributed by atoms with Crippen molar-refractivity contribution >= 4 is 34.2 Å². The van der Waals surface area contributed by atoms with Gasteiger partial charge in [-0.3, -0.25) is 19.3 Å². The molecule has 3 amide bonds. The molecule has 1 aliphatic rings. The number of carbonyl (C=O) groups excluding carboxylic acids is 3. The van der Waals surface area contributed by atoms with E-state index in [4.69, 9.17) is 0 Å². The Bertz CT molecular complexity index is 780. The molecule has 0 saturated carbocycles. The van der Waals surface area contributed by atoms with Gasteiger partial charge in [0.1, 0.15) is 0 Å². The molecular formula is C15H12N2O3. The molecule has 0 aromatic heterocycles. The van der Waals surface area contributed by atoms with Crippen LogP contribution < -0.4 is 5.32 Å². The zero-order chi connectivity index (χ0) is 14.4. The zero-order valence-electron chi connectivity index (χ0n) is 11.1. The van der Waals surface area contributed by atoms with E-state index in [9.17, 15) is 14.4 Å². The largest absolute Gasteiger partial charge is 0.326 e. The van der Waals surface area contributed by atoms with Crippen LogP contribution in [0, 0.1) is 0 Å². The molecule has 2 aromatic rings. The lowest BCUT2D eigenvalue weighted by Gasteiger charge is -2.09. The Kier molecular flexibility index (Phi) is 2.57. The molecule has 5 heteroatoms. The molecule has 0 spiro atoms. The maximum atomic E-state index is 12.2. The summed E-state index contributed by atoms with van der Waals surface area (Å²) in [5, 5.41) is 4.13. The minimum absolute atomic E-state index is 0.222. The highest BCUT2D eigenvalue weighted by Gasteiger charge is 2.35. The van der Waals surface area contributed by atoms with Gasteiger partial charge in [-0.25, -0.2) is 0 Å². The molecule has 1 aliphatic heterocycles. The van der Waals surface area contributed by atoms with Gasteiger partial charge in [0.2, 0.25) is 5.91 Å². The van der Waals surface area contributed by atoms with Gasteiger partial charge in [0.25, 0.3) is 11.8 Å². The Balaban J connectivity index is 2.38. The summed E-state index contributed by atoms with van der Waals surface area (Å²) < 4.78 is 0. The summed E-state index contributed by atoms with van der Waals surface area (Å²) in [5.41, 5.74) is 1.28. The molecule has 0 fully saturated rings. The number of imide groups is 1. The fraction of sp³-hybridized carbons (Fsp3) is 0.133. The van der Waals surface area contributed by atoms with Crippen molar-refractivity contribution in [1.82, 2.24) is 4.90 Å². The number of rotatable bonds is 1. The fourth-order valence-electron chi connectivity index (χ4n) is 2.51. The summed E-state index contributed by atoms with van der Waals surface area (Å²) in [6.07, 6.45) is 0. The summed E-state index contributed by atoms with van der Waals surface area (Å²) in [6, 6.07) is 8.80. The molecule has 0 aliphatic carbocycles. The summed E-state index contributed by atoms with van der Waals surface area (Å²) in [4.78, 5) is 36.6. The number of benzene rings is 2. The van der Waals surface area contributed by atoms with E-state index in [-0.39, 0.29) is 17.7 Å². The number of hydrogen-bond acceptors (Lipinski definition) is 3. The second kappa shape index (κ2) is 4.16. The van der Waals surface area contributed by atoms with Crippen molar-refractivity contribution in [1.29, 1.82) is 0 Å². The van der Waals surface area contributed by atoms with Crippen LogP contribution >= 0.6 is 0 Å². The first-order valence-electron chi connectivity index (χ1n) is 6.16. The lowest BCUT2D eigenvalue weighted by molar-refractivity contribution is -0.114. The van der Waals surface area contributed by atoms with Gasteiger partial charge in [-0.15, -0.1) is 0 Å². The number of carbonyl (C=O) groups is 3. The van der Waals surface area contributed by atoms with Crippen LogP contribution in [-0.4, -0.2) is 29.7 Å². The van der Waals surface area contributed by atoms with E-state index in [0.717, 1.165) is 10.3 Å². The van der Waals surface area contributed by atoms with Crippen molar-refractivity contribution in [2.45, 2.75) is 6.92 Å². The molecule has 20 heavy (non-hydrogen) atoms. The predicted octanol–water partition coefficient (Wildman–Crippen LogP) is 2.02. The first-order valence-corrected chi connectivity index (χ1v) is 6.16. The smallest absolute Gasteiger partial charge is 0.261 e. The van der Waals surface area contributed by atoms with Gasteiger partial charge in [0.05, 0.1) is 11.1 Å². The zero-order valence-corrected chi connectivity index (χ0v) is 11.1. The van der Waals surface area contributed by atoms with E-state index in [1.165, 1.54) is 14.0 Å². The van der Waals surface area contributed by atoms with Crippen LogP contribution in [0.3, 0.4) is 0 Å². The second-order valence-electron chi connectivity index (χ2n) is 4.74. The van der Waals surface area contributed by atoms with Gasteiger partial charge in [0, 0.05) is 25.0 Å². The maximum Gasteiger partial charge on any atom is 0.261 e. The molecule has 2 aromatic carbocycles. The van der Waals surface area contributed by atoms with Crippen LogP contribution in [0.4, 0.5) is 5.69 Å². The topological polar surface area (TPSA) is 66.5 Å². The Morgan fingerprint density at radius 1 is 1.10 bits per heavy atom. The van der Waals surface area contributed by atoms with E-state index < -0.39 is 0 Å². The number of anilines is 1. The first-order chi connectivity index (χ1) is 9.50. The summed E-state index contributed by atoms with van der Waals surface area (Å²) in [7, 11) is 1.46. The van der Waals surface area contributed by atoms with Crippen LogP contribution in [0.2, 0.25) is 0 Å². The highest BCUT2D eigenvalue weighted by Crippen LogP contribution is 2.34. The van der Waals surface area contributed by atoms with Gasteiger partial charge in [-0.05, 0) is 11.5 Å². The van der Waals surface area contributed by atoms with Gasteiger partial charge in [-0.1, -0.05) is 24.3 Å². The third kappa shape index (κ3) is 1.60. The molecule has 5 nitrogen and oxygen atoms in total. The lowest BCUT2D eigenvalue weighted by atomic mass is 9.98. The van der Waals surface area contributed by atoms with E-state index in [2.05, 4.69) is 5.32 Å². The van der Waals surface area contributed by atoms with Crippen LogP contribution in [0.15, 0.2) is 30.3 Å². The predicted molar refractivity (Wildman–Crippen MR) is 74.7 cm³/mol. The van der Waals surface area contributed by atoms with Crippen LogP contribution in [0.5, 0.6) is 0 Å². The minimum Gasteiger partial charge on any atom is -0.326 e. The Hall–Kier alpha value is -2.69. The highest BCUT2D eigenvalue weighted by molar-refractivity contribution is 6.28. The van der Waals surface area contributed by atoms with Crippen LogP contribution in [-0.2, 0) is 4.79 Å². The van der Waals surface area contributed by atoms with E-state index >= 15 is 0 Å². The fourth-order valence-corrected chi connectivity index (χ4v) is 2.51. The Morgan fingerprint density at radius 3 is 2.40 bits per heavy atom. The minimum atomic E-state index is -0.345. The van der Waals surface area contributed by atoms with Gasteiger partial charge >= 0.3 is 0 Å². The van der Waals surface area contributed by atoms with Gasteiger partial charge in [0.15, 0.2) is 0 Å². The van der Waals surface area contributed by atoms with E-state index in [0.29, 0.717) is 22.2 Å². The molecule has 0 radical (unpaired) electrons. The molecule has 0 unspecified atom stereocenters. The van der Waals surface area contributed by atoms with Crippen molar-refractivity contribution in [2.75, 3.05) is 12.4 Å². The summed E-state index contributed by atoms with van der Waals surface area (Å²) in [6.45, 7) is 1.40. The van der Waals surface area contributed by atoms with Crippen molar-refractivity contribution in [3.63, 3.8) is 0 Å². The van der Waals surface area contributed by atoms with Crippen LogP contribution in [0.1, 0.15) is 27.6 Å². The Morgan fingerprint density at radius 2 is 1.75 bits per heavy atom. The molecule has 0 bridgehead atoms. The van der Waals surface area contributed by atoms with Crippen molar-refractivity contribution in [2.24, 2.45) is 0 Å². The number of nitrogens with zero attached hydrogens (tertiary/aromatic N) is 1. The van der Waals surface area contributed by atoms with Crippen LogP contribution in [0.25, 0.3) is 10.8 Å². The third-order valence-corrected chi connectivity index (χ3v) is 3.41. The molecular weight excluding hydrogens is 256 g/mol. The molecule has 3 rings (SSSR count). The number of nitrogens with one attached hydrogen (secondary N) is 1. The first kappa shape index (κ1) is 12.3. The number of hydrogen-bond donors (Lipinski definition) is 1. The maximum absolute atomic E-state index is 12.2. The molecule has 100 valence electrons. The van der Waals surface area contributed by atoms with Crippen molar-refractivity contribution < 1.29 is 14.4 Å². The normalized spacial score (nSPS) is 13.8. The lowest BCUT2D eigenvalue weighted by Crippen LogP contribution is -2.24. The molecule has 1 heterocycles. The van der Waals surface area contributed by atoms with E-state index in [1.54, 1.807) is 18.2 Å². The van der Waals surface area contributed by atoms with Crippen molar-refractivity contribution in [3.8, 4) is 0 Å². The average molecular weight is 268 g/mol. The monoisotopic (exact) mass is 268 g/mol. The standard InChI is InChI=1S/C15H12N2O3/c1-8(18)16-12-7-11-13(15(20)17(2)14(11)19)10-6-4-3-5-9(10)12/h3-7H,1-2H3,(H,16,18). The molecule has 0 atom stereocenters. The Labute approximate surface area is 115 Å². The summed E-state index contributed by atoms with van der Waals surface area (Å²) >= 11 is 0. The van der Waals surface area contributed by atoms with Crippen molar-refractivity contribution in [3.05, 3.63) is 41.5 Å². The number of fused-ring (bicyclic) bond motifs is 3. The van der Waals surface area contributed by atoms with E-state index in [1.807, 2.05) is 12.1 Å². The highest BCUT2D eigenvalue weighted by atomic mass is 16.2. The number of amides is 3. The third-order valence-electron chi connectivity index (χ3n) is 3.41. The molecule has 0 saturated heterocycles. The average Bonchev–Trinajstić information content (AvgIpc) is 2.63. The van der Waals surface area contributed by atoms with Gasteiger partial charge < -0.3 is 5.32 Å². The van der Waals surface area contributed by atoms with Gasteiger partial charge in [-0.2, -0.15) is 0 Å². The molecule has 1 N–H and O–H groups in total. The SMILES string of the molecule is CC(=O)Nc1cc2c(c3ccccc13)C(=O)N(C)C2=O. The summed E-state index contributed by atoms with van der Waals surface area (Å²) in [5.74, 6) is -0.877.